The van der Waals surface area contributed by atoms with E-state index in [9.17, 15) is 5.26 Å². The van der Waals surface area contributed by atoms with Gasteiger partial charge in [-0.3, -0.25) is 0 Å². The first kappa shape index (κ1) is 17.5. The second-order valence-electron chi connectivity index (χ2n) is 8.35. The Morgan fingerprint density at radius 3 is 2.48 bits per heavy atom. The minimum atomic E-state index is -0.0558. The van der Waals surface area contributed by atoms with E-state index >= 15 is 0 Å². The minimum Gasteiger partial charge on any atom is -0.383 e. The predicted molar refractivity (Wildman–Crippen MR) is 118 cm³/mol. The lowest BCUT2D eigenvalue weighted by molar-refractivity contribution is 0.516. The average Bonchev–Trinajstić information content (AvgIpc) is 2.73. The maximum absolute atomic E-state index is 9.93. The Bertz CT molecular complexity index is 1330. The topological polar surface area (TPSA) is 62.7 Å². The van der Waals surface area contributed by atoms with Gasteiger partial charge >= 0.3 is 0 Å². The highest BCUT2D eigenvalue weighted by Crippen LogP contribution is 2.47. The van der Waals surface area contributed by atoms with Gasteiger partial charge in [0.05, 0.1) is 5.69 Å². The summed E-state index contributed by atoms with van der Waals surface area (Å²) in [5, 5.41) is 12.3. The Kier molecular flexibility index (Phi) is 3.72. The summed E-state index contributed by atoms with van der Waals surface area (Å²) in [7, 11) is 0. The fourth-order valence-corrected chi connectivity index (χ4v) is 4.63. The summed E-state index contributed by atoms with van der Waals surface area (Å²) in [4.78, 5) is 4.70. The molecule has 0 fully saturated rings. The number of rotatable bonds is 1. The zero-order chi connectivity index (χ0) is 20.2. The van der Waals surface area contributed by atoms with Crippen LogP contribution in [0, 0.1) is 11.3 Å². The van der Waals surface area contributed by atoms with Gasteiger partial charge in [-0.2, -0.15) is 5.26 Å². The minimum absolute atomic E-state index is 0.0558. The third-order valence-corrected chi connectivity index (χ3v) is 6.01. The molecule has 0 amide bonds. The van der Waals surface area contributed by atoms with Crippen LogP contribution in [-0.4, -0.2) is 4.98 Å². The molecular weight excluding hydrogens is 354 g/mol. The van der Waals surface area contributed by atoms with E-state index in [0.717, 1.165) is 39.8 Å². The number of nitrogens with two attached hydrogens (primary N) is 1. The van der Waals surface area contributed by atoms with Crippen molar-refractivity contribution in [3.8, 4) is 28.5 Å². The molecule has 29 heavy (non-hydrogen) atoms. The molecule has 2 N–H and O–H groups in total. The van der Waals surface area contributed by atoms with Crippen molar-refractivity contribution in [1.82, 2.24) is 4.98 Å². The third-order valence-electron chi connectivity index (χ3n) is 6.01. The van der Waals surface area contributed by atoms with Crippen LogP contribution in [0.2, 0.25) is 0 Å². The number of fused-ring (bicyclic) bond motifs is 4. The lowest BCUT2D eigenvalue weighted by Gasteiger charge is -2.35. The highest BCUT2D eigenvalue weighted by Gasteiger charge is 2.34. The molecule has 0 aliphatic heterocycles. The van der Waals surface area contributed by atoms with Gasteiger partial charge in [-0.25, -0.2) is 4.98 Å². The number of nitrogens with zero attached hydrogens (tertiary/aromatic N) is 2. The van der Waals surface area contributed by atoms with Crippen molar-refractivity contribution in [3.05, 3.63) is 83.4 Å². The highest BCUT2D eigenvalue weighted by atomic mass is 14.9. The van der Waals surface area contributed by atoms with Gasteiger partial charge < -0.3 is 5.73 Å². The number of nitriles is 1. The molecule has 0 atom stereocenters. The summed E-state index contributed by atoms with van der Waals surface area (Å²) in [6, 6.07) is 25.3. The molecule has 4 aromatic rings. The van der Waals surface area contributed by atoms with E-state index in [1.54, 1.807) is 0 Å². The molecule has 3 heteroatoms. The molecule has 3 nitrogen and oxygen atoms in total. The fourth-order valence-electron chi connectivity index (χ4n) is 4.63. The summed E-state index contributed by atoms with van der Waals surface area (Å²) in [5.74, 6) is 0.295. The van der Waals surface area contributed by atoms with Crippen LogP contribution in [0.15, 0.2) is 66.7 Å². The SMILES string of the molecule is CC1(C)Cc2c(nc(N)c(C#N)c2-c2ccc3ccccc3c2)-c2ccccc21. The molecule has 0 unspecified atom stereocenters. The molecule has 1 aliphatic carbocycles. The van der Waals surface area contributed by atoms with E-state index in [1.807, 2.05) is 18.2 Å². The Labute approximate surface area is 170 Å². The lowest BCUT2D eigenvalue weighted by Crippen LogP contribution is -2.27. The smallest absolute Gasteiger partial charge is 0.142 e. The molecule has 1 aromatic heterocycles. The van der Waals surface area contributed by atoms with Crippen molar-refractivity contribution >= 4 is 16.6 Å². The Hall–Kier alpha value is -3.64. The van der Waals surface area contributed by atoms with Crippen molar-refractivity contribution in [1.29, 1.82) is 5.26 Å². The Morgan fingerprint density at radius 1 is 0.966 bits per heavy atom. The fraction of sp³-hybridized carbons (Fsp3) is 0.154. The number of pyridine rings is 1. The first-order chi connectivity index (χ1) is 14.0. The summed E-state index contributed by atoms with van der Waals surface area (Å²) in [5.41, 5.74) is 13.0. The molecule has 0 bridgehead atoms. The zero-order valence-electron chi connectivity index (χ0n) is 16.5. The largest absolute Gasteiger partial charge is 0.383 e. The molecule has 3 aromatic carbocycles. The van der Waals surface area contributed by atoms with Gasteiger partial charge in [0.15, 0.2) is 0 Å². The number of hydrogen-bond donors (Lipinski definition) is 1. The van der Waals surface area contributed by atoms with E-state index in [1.165, 1.54) is 10.9 Å². The Balaban J connectivity index is 1.87. The molecule has 0 saturated heterocycles. The van der Waals surface area contributed by atoms with Gasteiger partial charge in [-0.15, -0.1) is 0 Å². The van der Waals surface area contributed by atoms with Crippen molar-refractivity contribution in [2.24, 2.45) is 0 Å². The first-order valence-electron chi connectivity index (χ1n) is 9.81. The number of anilines is 1. The monoisotopic (exact) mass is 375 g/mol. The Morgan fingerprint density at radius 2 is 1.69 bits per heavy atom. The molecule has 0 saturated carbocycles. The molecule has 0 spiro atoms. The first-order valence-corrected chi connectivity index (χ1v) is 9.81. The molecule has 1 heterocycles. The third kappa shape index (κ3) is 2.61. The van der Waals surface area contributed by atoms with Crippen molar-refractivity contribution in [3.63, 3.8) is 0 Å². The molecule has 0 radical (unpaired) electrons. The number of hydrogen-bond acceptors (Lipinski definition) is 3. The van der Waals surface area contributed by atoms with Gasteiger partial charge in [-0.1, -0.05) is 74.5 Å². The molecule has 140 valence electrons. The van der Waals surface area contributed by atoms with Crippen LogP contribution < -0.4 is 5.73 Å². The van der Waals surface area contributed by atoms with Crippen molar-refractivity contribution in [2.45, 2.75) is 25.7 Å². The predicted octanol–water partition coefficient (Wildman–Crippen LogP) is 5.86. The van der Waals surface area contributed by atoms with Crippen LogP contribution in [-0.2, 0) is 11.8 Å². The molecule has 5 rings (SSSR count). The van der Waals surface area contributed by atoms with Gasteiger partial charge in [0, 0.05) is 11.1 Å². The van der Waals surface area contributed by atoms with Gasteiger partial charge in [-0.05, 0) is 45.4 Å². The van der Waals surface area contributed by atoms with E-state index < -0.39 is 0 Å². The maximum atomic E-state index is 9.93. The van der Waals surface area contributed by atoms with Crippen LogP contribution in [0.3, 0.4) is 0 Å². The summed E-state index contributed by atoms with van der Waals surface area (Å²) in [6.45, 7) is 4.50. The summed E-state index contributed by atoms with van der Waals surface area (Å²) >= 11 is 0. The maximum Gasteiger partial charge on any atom is 0.142 e. The van der Waals surface area contributed by atoms with Crippen LogP contribution in [0.5, 0.6) is 0 Å². The van der Waals surface area contributed by atoms with Crippen LogP contribution in [0.4, 0.5) is 5.82 Å². The zero-order valence-corrected chi connectivity index (χ0v) is 16.5. The average molecular weight is 375 g/mol. The summed E-state index contributed by atoms with van der Waals surface area (Å²) in [6.07, 6.45) is 0.809. The molecule has 1 aliphatic rings. The standard InChI is InChI=1S/C26H21N3/c1-26(2)14-20-23(18-12-11-16-7-3-4-8-17(16)13-18)21(15-27)25(28)29-24(20)19-9-5-6-10-22(19)26/h3-13H,14H2,1-2H3,(H2,28,29). The summed E-state index contributed by atoms with van der Waals surface area (Å²) < 4.78 is 0. The molecular formula is C26H21N3. The number of benzene rings is 3. The van der Waals surface area contributed by atoms with E-state index in [-0.39, 0.29) is 5.41 Å². The van der Waals surface area contributed by atoms with Crippen LogP contribution in [0.1, 0.15) is 30.5 Å². The highest BCUT2D eigenvalue weighted by molar-refractivity contribution is 5.92. The lowest BCUT2D eigenvalue weighted by atomic mass is 9.69. The number of aromatic nitrogens is 1. The van der Waals surface area contributed by atoms with E-state index in [0.29, 0.717) is 11.4 Å². The van der Waals surface area contributed by atoms with E-state index in [4.69, 9.17) is 10.7 Å². The number of nitrogen functional groups attached to an aromatic ring is 1. The van der Waals surface area contributed by atoms with Crippen LogP contribution in [0.25, 0.3) is 33.2 Å². The van der Waals surface area contributed by atoms with Gasteiger partial charge in [0.2, 0.25) is 0 Å². The van der Waals surface area contributed by atoms with Gasteiger partial charge in [0.1, 0.15) is 17.5 Å². The van der Waals surface area contributed by atoms with Crippen molar-refractivity contribution in [2.75, 3.05) is 5.73 Å². The van der Waals surface area contributed by atoms with Crippen LogP contribution >= 0.6 is 0 Å². The van der Waals surface area contributed by atoms with Gasteiger partial charge in [0.25, 0.3) is 0 Å². The second-order valence-corrected chi connectivity index (χ2v) is 8.35. The van der Waals surface area contributed by atoms with E-state index in [2.05, 4.69) is 68.4 Å². The normalized spacial score (nSPS) is 14.1. The quantitative estimate of drug-likeness (QED) is 0.453. The second kappa shape index (κ2) is 6.18. The van der Waals surface area contributed by atoms with Crippen molar-refractivity contribution < 1.29 is 0 Å².